The summed E-state index contributed by atoms with van der Waals surface area (Å²) in [4.78, 5) is 13.1. The molecule has 0 radical (unpaired) electrons. The van der Waals surface area contributed by atoms with Gasteiger partial charge in [-0.25, -0.2) is 23.4 Å². The van der Waals surface area contributed by atoms with Gasteiger partial charge in [0.1, 0.15) is 28.9 Å². The molecule has 0 amide bonds. The van der Waals surface area contributed by atoms with Crippen LogP contribution >= 0.6 is 11.6 Å². The molecular weight excluding hydrogens is 514 g/mol. The normalized spacial score (nSPS) is 14.5. The fourth-order valence-corrected chi connectivity index (χ4v) is 6.12. The maximum atomic E-state index is 13.7. The van der Waals surface area contributed by atoms with Crippen molar-refractivity contribution in [1.29, 1.82) is 0 Å². The van der Waals surface area contributed by atoms with Crippen LogP contribution in [0.2, 0.25) is 5.02 Å². The molecule has 0 fully saturated rings. The third kappa shape index (κ3) is 5.42. The van der Waals surface area contributed by atoms with Crippen molar-refractivity contribution < 1.29 is 12.9 Å². The number of aromatic nitrogens is 7. The molecule has 10 nitrogen and oxygen atoms in total. The lowest BCUT2D eigenvalue weighted by Gasteiger charge is -2.23. The second kappa shape index (κ2) is 10.7. The van der Waals surface area contributed by atoms with Crippen molar-refractivity contribution in [2.45, 2.75) is 70.9 Å². The minimum absolute atomic E-state index is 0.295. The van der Waals surface area contributed by atoms with Crippen molar-refractivity contribution in [1.82, 2.24) is 34.9 Å². The van der Waals surface area contributed by atoms with Crippen molar-refractivity contribution in [3.05, 3.63) is 70.0 Å². The van der Waals surface area contributed by atoms with Gasteiger partial charge in [0.05, 0.1) is 22.0 Å². The first kappa shape index (κ1) is 26.9. The Kier molecular flexibility index (Phi) is 7.75. The number of hydrogen-bond acceptors (Lipinski definition) is 9. The Hall–Kier alpha value is -3.18. The van der Waals surface area contributed by atoms with Gasteiger partial charge in [0.25, 0.3) is 0 Å². The molecule has 0 unspecified atom stereocenters. The van der Waals surface area contributed by atoms with Gasteiger partial charge in [-0.05, 0) is 46.2 Å². The fraction of sp³-hybridized carbons (Fsp3) is 0.440. The highest BCUT2D eigenvalue weighted by atomic mass is 35.5. The molecule has 12 heteroatoms. The predicted octanol–water partition coefficient (Wildman–Crippen LogP) is 4.80. The first-order valence-electron chi connectivity index (χ1n) is 12.0. The average molecular weight is 544 g/mol. The van der Waals surface area contributed by atoms with Crippen molar-refractivity contribution in [2.75, 3.05) is 0 Å². The molecule has 0 spiro atoms. The summed E-state index contributed by atoms with van der Waals surface area (Å²) in [5.41, 5.74) is 3.04. The van der Waals surface area contributed by atoms with Crippen LogP contribution in [0.4, 0.5) is 0 Å². The van der Waals surface area contributed by atoms with E-state index in [0.29, 0.717) is 40.4 Å². The van der Waals surface area contributed by atoms with E-state index in [2.05, 4.69) is 30.3 Å². The quantitative estimate of drug-likeness (QED) is 0.292. The van der Waals surface area contributed by atoms with Gasteiger partial charge in [0.15, 0.2) is 15.7 Å². The largest absolute Gasteiger partial charge is 0.361 e. The fourth-order valence-electron chi connectivity index (χ4n) is 4.46. The van der Waals surface area contributed by atoms with Gasteiger partial charge in [0, 0.05) is 29.6 Å². The van der Waals surface area contributed by atoms with Gasteiger partial charge in [-0.3, -0.25) is 0 Å². The number of sulfone groups is 1. The highest BCUT2D eigenvalue weighted by Gasteiger charge is 2.34. The summed E-state index contributed by atoms with van der Waals surface area (Å²) in [7, 11) is -3.70. The van der Waals surface area contributed by atoms with Gasteiger partial charge in [-0.1, -0.05) is 36.7 Å². The zero-order chi connectivity index (χ0) is 26.9. The topological polar surface area (TPSA) is 130 Å². The molecular formula is C25H30ClN7O3S. The maximum absolute atomic E-state index is 13.7. The molecule has 4 aromatic rings. The molecule has 0 bridgehead atoms. The van der Waals surface area contributed by atoms with Gasteiger partial charge < -0.3 is 9.09 Å². The van der Waals surface area contributed by atoms with Crippen LogP contribution in [0.3, 0.4) is 0 Å². The van der Waals surface area contributed by atoms with Gasteiger partial charge in [-0.2, -0.15) is 0 Å². The van der Waals surface area contributed by atoms with Gasteiger partial charge in [0.2, 0.25) is 0 Å². The van der Waals surface area contributed by atoms with E-state index in [1.54, 1.807) is 13.8 Å². The first-order valence-corrected chi connectivity index (χ1v) is 14.1. The number of hydrogen-bond donors (Lipinski definition) is 0. The molecule has 3 atom stereocenters. The van der Waals surface area contributed by atoms with E-state index in [0.717, 1.165) is 17.0 Å². The minimum atomic E-state index is -3.70. The van der Waals surface area contributed by atoms with Crippen LogP contribution in [0.15, 0.2) is 35.1 Å². The molecule has 0 saturated carbocycles. The van der Waals surface area contributed by atoms with Crippen LogP contribution in [-0.2, 0) is 15.6 Å². The number of rotatable bonds is 9. The van der Waals surface area contributed by atoms with E-state index in [-0.39, 0.29) is 11.8 Å². The van der Waals surface area contributed by atoms with Gasteiger partial charge >= 0.3 is 0 Å². The summed E-state index contributed by atoms with van der Waals surface area (Å²) in [6.45, 7) is 11.1. The average Bonchev–Trinajstić information content (AvgIpc) is 3.42. The molecule has 0 saturated heterocycles. The number of nitrogens with zero attached hydrogens (tertiary/aromatic N) is 7. The Morgan fingerprint density at radius 1 is 1.08 bits per heavy atom. The van der Waals surface area contributed by atoms with E-state index >= 15 is 0 Å². The van der Waals surface area contributed by atoms with Crippen LogP contribution in [0.25, 0.3) is 11.5 Å². The standard InChI is InChI=1S/C25H30ClN7O3S/c1-7-21(23-16(4)32-36-17(23)5)33-22(30-31-25(33)20-10-8-9-14(2)29-20)13-37(34,35)18(6)15(3)24-27-11-19(26)12-28-24/h8-12,15,18,21H,7,13H2,1-6H3/t15-,18-,21-/m0/s1. The molecule has 0 aliphatic carbocycles. The summed E-state index contributed by atoms with van der Waals surface area (Å²) in [6.07, 6.45) is 3.57. The first-order chi connectivity index (χ1) is 17.5. The van der Waals surface area contributed by atoms with Crippen molar-refractivity contribution in [3.63, 3.8) is 0 Å². The van der Waals surface area contributed by atoms with E-state index in [1.807, 2.05) is 50.5 Å². The number of pyridine rings is 1. The lowest BCUT2D eigenvalue weighted by atomic mass is 10.0. The highest BCUT2D eigenvalue weighted by Crippen LogP contribution is 2.34. The lowest BCUT2D eigenvalue weighted by molar-refractivity contribution is 0.390. The maximum Gasteiger partial charge on any atom is 0.183 e. The summed E-state index contributed by atoms with van der Waals surface area (Å²) in [5, 5.41) is 12.5. The Morgan fingerprint density at radius 2 is 1.78 bits per heavy atom. The molecule has 0 N–H and O–H groups in total. The second-order valence-electron chi connectivity index (χ2n) is 9.20. The number of aryl methyl sites for hydroxylation is 3. The second-order valence-corrected chi connectivity index (χ2v) is 12.0. The van der Waals surface area contributed by atoms with Crippen molar-refractivity contribution in [2.24, 2.45) is 0 Å². The van der Waals surface area contributed by atoms with Crippen LogP contribution in [-0.4, -0.2) is 48.5 Å². The highest BCUT2D eigenvalue weighted by molar-refractivity contribution is 7.91. The molecule has 4 aromatic heterocycles. The zero-order valence-electron chi connectivity index (χ0n) is 21.7. The molecule has 4 rings (SSSR count). The SMILES string of the molecule is CC[C@@H](c1c(C)noc1C)n1c(CS(=O)(=O)[C@@H](C)[C@H](C)c2ncc(Cl)cn2)nnc1-c1cccc(C)n1. The summed E-state index contributed by atoms with van der Waals surface area (Å²) < 4.78 is 34.6. The van der Waals surface area contributed by atoms with E-state index in [9.17, 15) is 8.42 Å². The number of halogens is 1. The molecule has 0 aliphatic heterocycles. The smallest absolute Gasteiger partial charge is 0.183 e. The molecule has 0 aliphatic rings. The Morgan fingerprint density at radius 3 is 2.38 bits per heavy atom. The van der Waals surface area contributed by atoms with Crippen molar-refractivity contribution in [3.8, 4) is 11.5 Å². The Balaban J connectivity index is 1.79. The van der Waals surface area contributed by atoms with Crippen molar-refractivity contribution >= 4 is 21.4 Å². The predicted molar refractivity (Wildman–Crippen MR) is 140 cm³/mol. The van der Waals surface area contributed by atoms with E-state index < -0.39 is 21.0 Å². The summed E-state index contributed by atoms with van der Waals surface area (Å²) in [6, 6.07) is 5.33. The molecule has 4 heterocycles. The van der Waals surface area contributed by atoms with Crippen LogP contribution in [0.5, 0.6) is 0 Å². The van der Waals surface area contributed by atoms with E-state index in [4.69, 9.17) is 16.1 Å². The Bertz CT molecular complexity index is 1480. The lowest BCUT2D eigenvalue weighted by Crippen LogP contribution is -2.28. The Labute approximate surface area is 221 Å². The van der Waals surface area contributed by atoms with E-state index in [1.165, 1.54) is 12.4 Å². The summed E-state index contributed by atoms with van der Waals surface area (Å²) >= 11 is 5.90. The monoisotopic (exact) mass is 543 g/mol. The molecule has 37 heavy (non-hydrogen) atoms. The summed E-state index contributed by atoms with van der Waals surface area (Å²) in [5.74, 6) is 1.11. The van der Waals surface area contributed by atoms with Crippen LogP contribution in [0, 0.1) is 20.8 Å². The molecule has 196 valence electrons. The molecule has 0 aromatic carbocycles. The zero-order valence-corrected chi connectivity index (χ0v) is 23.2. The van der Waals surface area contributed by atoms with Crippen LogP contribution < -0.4 is 0 Å². The third-order valence-corrected chi connectivity index (χ3v) is 9.05. The minimum Gasteiger partial charge on any atom is -0.361 e. The van der Waals surface area contributed by atoms with Gasteiger partial charge in [-0.15, -0.1) is 10.2 Å². The third-order valence-electron chi connectivity index (χ3n) is 6.65. The van der Waals surface area contributed by atoms with Crippen LogP contribution in [0.1, 0.15) is 73.5 Å².